The van der Waals surface area contributed by atoms with Gasteiger partial charge in [-0.1, -0.05) is 20.8 Å². The fourth-order valence-electron chi connectivity index (χ4n) is 0. The lowest BCUT2D eigenvalue weighted by molar-refractivity contribution is -0.362. The van der Waals surface area contributed by atoms with Gasteiger partial charge < -0.3 is 44.5 Å². The van der Waals surface area contributed by atoms with E-state index in [9.17, 15) is 0 Å². The molecular formula is C7H34N4O6S. The molecule has 0 aromatic heterocycles. The van der Waals surface area contributed by atoms with Gasteiger partial charge in [-0.2, -0.15) is 0 Å². The summed E-state index contributed by atoms with van der Waals surface area (Å²) in [7, 11) is -3.92. The van der Waals surface area contributed by atoms with Crippen LogP contribution in [0, 0.1) is 0 Å². The molecule has 0 aliphatic carbocycles. The van der Waals surface area contributed by atoms with Crippen molar-refractivity contribution in [1.29, 1.82) is 0 Å². The molecule has 0 spiro atoms. The van der Waals surface area contributed by atoms with Gasteiger partial charge in [-0.15, -0.1) is 19.8 Å². The van der Waals surface area contributed by atoms with Crippen molar-refractivity contribution in [3.05, 3.63) is 0 Å². The van der Waals surface area contributed by atoms with Gasteiger partial charge in [0.1, 0.15) is 0 Å². The second-order valence-electron chi connectivity index (χ2n) is 1.57. The lowest BCUT2D eigenvalue weighted by Crippen LogP contribution is -1.97. The summed E-state index contributed by atoms with van der Waals surface area (Å²) in [6, 6.07) is 0. The first-order valence-corrected chi connectivity index (χ1v) is 5.71. The minimum absolute atomic E-state index is 0. The van der Waals surface area contributed by atoms with E-state index in [0.29, 0.717) is 6.26 Å². The number of rotatable bonds is 0. The minimum atomic E-state index is -3.92. The van der Waals surface area contributed by atoms with Gasteiger partial charge in [0.15, 0.2) is 0 Å². The molecule has 0 rings (SSSR count). The third kappa shape index (κ3) is 24400. The third-order valence-electron chi connectivity index (χ3n) is 0. The van der Waals surface area contributed by atoms with Gasteiger partial charge in [-0.05, 0) is 0 Å². The molecule has 0 unspecified atom stereocenters. The molecule has 0 radical (unpaired) electrons. The first kappa shape index (κ1) is 52.6. The van der Waals surface area contributed by atoms with Crippen molar-refractivity contribution in [3.63, 3.8) is 0 Å². The van der Waals surface area contributed by atoms with E-state index in [4.69, 9.17) is 28.3 Å². The Kier molecular flexibility index (Phi) is 159. The first-order valence-electron chi connectivity index (χ1n) is 3.90. The van der Waals surface area contributed by atoms with E-state index in [0.717, 1.165) is 0 Å². The van der Waals surface area contributed by atoms with Crippen LogP contribution in [0.3, 0.4) is 0 Å². The summed E-state index contributed by atoms with van der Waals surface area (Å²) >= 11 is 0. The molecule has 0 fully saturated rings. The zero-order chi connectivity index (χ0) is 12.6. The molecule has 0 heterocycles. The molecule has 124 valence electrons. The van der Waals surface area contributed by atoms with Crippen LogP contribution in [-0.2, 0) is 10.1 Å². The maximum Gasteiger partial charge on any atom is 0.0916 e. The SMILES string of the molecule is CC[O-].CC[O-].CC[O-].CS(=O)(=O)[O-].[NH4+].[NH4+].[NH4+].[NH4+]. The molecule has 0 aromatic carbocycles. The fraction of sp³-hybridized carbons (Fsp3) is 1.00. The van der Waals surface area contributed by atoms with Crippen LogP contribution in [0.5, 0.6) is 0 Å². The van der Waals surface area contributed by atoms with Crippen LogP contribution in [0.4, 0.5) is 0 Å². The molecule has 10 nitrogen and oxygen atoms in total. The molecule has 0 aliphatic heterocycles. The second kappa shape index (κ2) is 54.5. The summed E-state index contributed by atoms with van der Waals surface area (Å²) in [6.07, 6.45) is 0.604. The molecule has 11 heteroatoms. The molecule has 0 bridgehead atoms. The smallest absolute Gasteiger partial charge is 0.0916 e. The van der Waals surface area contributed by atoms with Crippen molar-refractivity contribution < 1.29 is 28.3 Å². The van der Waals surface area contributed by atoms with Gasteiger partial charge in [0.25, 0.3) is 0 Å². The Morgan fingerprint density at radius 3 is 0.722 bits per heavy atom. The summed E-state index contributed by atoms with van der Waals surface area (Å²) < 4.78 is 27.2. The summed E-state index contributed by atoms with van der Waals surface area (Å²) in [4.78, 5) is 0. The Hall–Kier alpha value is -0.370. The second-order valence-corrected chi connectivity index (χ2v) is 2.98. The fourth-order valence-corrected chi connectivity index (χ4v) is 0. The van der Waals surface area contributed by atoms with Crippen LogP contribution < -0.4 is 39.9 Å². The maximum atomic E-state index is 9.08. The van der Waals surface area contributed by atoms with E-state index in [1.54, 1.807) is 20.8 Å². The van der Waals surface area contributed by atoms with Gasteiger partial charge in [0, 0.05) is 6.26 Å². The van der Waals surface area contributed by atoms with Crippen molar-refractivity contribution in [1.82, 2.24) is 24.6 Å². The molecule has 0 atom stereocenters. The predicted octanol–water partition coefficient (Wildman–Crippen LogP) is -1.23. The van der Waals surface area contributed by atoms with Crippen LogP contribution in [0.15, 0.2) is 0 Å². The number of hydrogen-bond donors (Lipinski definition) is 4. The molecule has 0 saturated carbocycles. The Labute approximate surface area is 111 Å². The normalized spacial score (nSPS) is 6.22. The molecular weight excluding hydrogens is 268 g/mol. The quantitative estimate of drug-likeness (QED) is 0.396. The molecule has 0 amide bonds. The summed E-state index contributed by atoms with van der Waals surface area (Å²) in [5.74, 6) is 0. The van der Waals surface area contributed by atoms with Crippen molar-refractivity contribution in [2.45, 2.75) is 20.8 Å². The van der Waals surface area contributed by atoms with E-state index < -0.39 is 10.1 Å². The average molecular weight is 302 g/mol. The van der Waals surface area contributed by atoms with Gasteiger partial charge >= 0.3 is 0 Å². The van der Waals surface area contributed by atoms with Gasteiger partial charge in [-0.3, -0.25) is 0 Å². The minimum Gasteiger partial charge on any atom is -0.855 e. The van der Waals surface area contributed by atoms with E-state index in [1.165, 1.54) is 0 Å². The highest BCUT2D eigenvalue weighted by atomic mass is 32.2. The van der Waals surface area contributed by atoms with E-state index in [1.807, 2.05) is 0 Å². The van der Waals surface area contributed by atoms with Gasteiger partial charge in [-0.25, -0.2) is 8.42 Å². The molecule has 0 aromatic rings. The van der Waals surface area contributed by atoms with Gasteiger partial charge in [0.2, 0.25) is 0 Å². The van der Waals surface area contributed by atoms with E-state index in [-0.39, 0.29) is 44.4 Å². The van der Waals surface area contributed by atoms with Crippen molar-refractivity contribution in [2.24, 2.45) is 0 Å². The zero-order valence-corrected chi connectivity index (χ0v) is 13.8. The first-order chi connectivity index (χ1) is 6.24. The molecule has 0 saturated heterocycles. The Morgan fingerprint density at radius 1 is 0.722 bits per heavy atom. The maximum absolute atomic E-state index is 9.08. The average Bonchev–Trinajstić information content (AvgIpc) is 1.86. The highest BCUT2D eigenvalue weighted by Crippen LogP contribution is 1.59. The summed E-state index contributed by atoms with van der Waals surface area (Å²) in [5.41, 5.74) is 0. The topological polar surface area (TPSA) is 272 Å². The van der Waals surface area contributed by atoms with E-state index in [2.05, 4.69) is 0 Å². The molecule has 0 aliphatic rings. The highest BCUT2D eigenvalue weighted by molar-refractivity contribution is 7.84. The van der Waals surface area contributed by atoms with Crippen LogP contribution in [0.2, 0.25) is 0 Å². The van der Waals surface area contributed by atoms with Crippen LogP contribution >= 0.6 is 0 Å². The Balaban J connectivity index is -0.0000000118. The molecule has 18 heavy (non-hydrogen) atoms. The monoisotopic (exact) mass is 302 g/mol. The van der Waals surface area contributed by atoms with Crippen molar-refractivity contribution in [3.8, 4) is 0 Å². The van der Waals surface area contributed by atoms with Crippen LogP contribution in [-0.4, -0.2) is 39.0 Å². The van der Waals surface area contributed by atoms with Crippen LogP contribution in [0.1, 0.15) is 20.8 Å². The summed E-state index contributed by atoms with van der Waals surface area (Å²) in [6.45, 7) is 4.71. The highest BCUT2D eigenvalue weighted by Gasteiger charge is 1.65. The standard InChI is InChI=1S/3C2H5O.CH4O3S.4H3N/c3*1-2-3;1-5(2,3)4;;;;/h3*2H2,1H3;1H3,(H,2,3,4);4*1H3/q3*-1;;;;;/p+3. The van der Waals surface area contributed by atoms with Crippen molar-refractivity contribution >= 4 is 10.1 Å². The zero-order valence-electron chi connectivity index (χ0n) is 13.0. The van der Waals surface area contributed by atoms with Gasteiger partial charge in [0.05, 0.1) is 10.1 Å². The Morgan fingerprint density at radius 2 is 0.722 bits per heavy atom. The number of hydrogen-bond acceptors (Lipinski definition) is 6. The lowest BCUT2D eigenvalue weighted by atomic mass is 10.9. The predicted molar refractivity (Wildman–Crippen MR) is 71.2 cm³/mol. The third-order valence-corrected chi connectivity index (χ3v) is 0. The Bertz CT molecular complexity index is 143. The largest absolute Gasteiger partial charge is 0.855 e. The van der Waals surface area contributed by atoms with Crippen molar-refractivity contribution in [2.75, 3.05) is 26.1 Å². The lowest BCUT2D eigenvalue weighted by Gasteiger charge is -1.90. The molecule has 16 N–H and O–H groups in total. The number of quaternary nitrogens is 4. The van der Waals surface area contributed by atoms with Crippen LogP contribution in [0.25, 0.3) is 0 Å². The summed E-state index contributed by atoms with van der Waals surface area (Å²) in [5, 5.41) is 26.8. The van der Waals surface area contributed by atoms with E-state index >= 15 is 0 Å².